The van der Waals surface area contributed by atoms with Crippen molar-refractivity contribution in [2.24, 2.45) is 13.0 Å². The highest BCUT2D eigenvalue weighted by molar-refractivity contribution is 7.91. The molecule has 7 heteroatoms. The largest absolute Gasteiger partial charge is 0.332 e. The van der Waals surface area contributed by atoms with Crippen LogP contribution in [0.2, 0.25) is 0 Å². The average Bonchev–Trinajstić information content (AvgIpc) is 3.24. The minimum atomic E-state index is -3.05. The molecule has 0 spiro atoms. The summed E-state index contributed by atoms with van der Waals surface area (Å²) in [5.41, 5.74) is 1.98. The molecule has 2 aliphatic heterocycles. The zero-order chi connectivity index (χ0) is 16.9. The molecule has 2 aliphatic rings. The van der Waals surface area contributed by atoms with E-state index >= 15 is 0 Å². The van der Waals surface area contributed by atoms with E-state index in [9.17, 15) is 13.2 Å². The molecule has 2 atom stereocenters. The minimum absolute atomic E-state index is 0.00239. The molecular weight excluding hydrogens is 326 g/mol. The molecule has 1 aromatic heterocycles. The number of aromatic nitrogens is 2. The van der Waals surface area contributed by atoms with Crippen molar-refractivity contribution in [2.75, 3.05) is 18.1 Å². The number of carbonyl (C=O) groups is 1. The van der Waals surface area contributed by atoms with E-state index in [1.54, 1.807) is 0 Å². The van der Waals surface area contributed by atoms with Gasteiger partial charge in [-0.15, -0.1) is 0 Å². The van der Waals surface area contributed by atoms with Crippen molar-refractivity contribution in [3.63, 3.8) is 0 Å². The first kappa shape index (κ1) is 15.6. The summed E-state index contributed by atoms with van der Waals surface area (Å²) >= 11 is 0. The number of benzene rings is 1. The molecule has 1 amide bonds. The van der Waals surface area contributed by atoms with Crippen molar-refractivity contribution < 1.29 is 13.2 Å². The second kappa shape index (κ2) is 5.58. The highest BCUT2D eigenvalue weighted by Gasteiger charge is 2.40. The lowest BCUT2D eigenvalue weighted by Gasteiger charge is -2.26. The predicted molar refractivity (Wildman–Crippen MR) is 91.2 cm³/mol. The molecule has 0 saturated carbocycles. The summed E-state index contributed by atoms with van der Waals surface area (Å²) in [5.74, 6) is 0.616. The zero-order valence-electron chi connectivity index (χ0n) is 13.7. The van der Waals surface area contributed by atoms with Gasteiger partial charge in [0.15, 0.2) is 9.84 Å². The van der Waals surface area contributed by atoms with Crippen molar-refractivity contribution >= 4 is 26.8 Å². The van der Waals surface area contributed by atoms with E-state index < -0.39 is 9.84 Å². The maximum absolute atomic E-state index is 12.9. The summed E-state index contributed by atoms with van der Waals surface area (Å²) < 4.78 is 25.4. The van der Waals surface area contributed by atoms with Gasteiger partial charge in [-0.3, -0.25) is 4.79 Å². The molecule has 2 aromatic rings. The molecule has 6 nitrogen and oxygen atoms in total. The zero-order valence-corrected chi connectivity index (χ0v) is 14.5. The fourth-order valence-corrected chi connectivity index (χ4v) is 5.72. The van der Waals surface area contributed by atoms with Gasteiger partial charge >= 0.3 is 0 Å². The van der Waals surface area contributed by atoms with Crippen LogP contribution in [-0.2, 0) is 21.7 Å². The number of hydrogen-bond donors (Lipinski definition) is 0. The van der Waals surface area contributed by atoms with Gasteiger partial charge in [-0.05, 0) is 31.4 Å². The van der Waals surface area contributed by atoms with Crippen LogP contribution in [-0.4, -0.2) is 46.8 Å². The van der Waals surface area contributed by atoms with Crippen molar-refractivity contribution in [1.82, 2.24) is 14.5 Å². The maximum atomic E-state index is 12.9. The number of aryl methyl sites for hydroxylation is 1. The van der Waals surface area contributed by atoms with Crippen LogP contribution in [0.3, 0.4) is 0 Å². The third-order valence-electron chi connectivity index (χ3n) is 5.24. The highest BCUT2D eigenvalue weighted by atomic mass is 32.2. The van der Waals surface area contributed by atoms with E-state index in [1.807, 2.05) is 36.2 Å². The number of fused-ring (bicyclic) bond motifs is 1. The number of amides is 1. The van der Waals surface area contributed by atoms with Crippen molar-refractivity contribution in [2.45, 2.75) is 25.3 Å². The Balaban J connectivity index is 1.65. The van der Waals surface area contributed by atoms with E-state index in [-0.39, 0.29) is 29.4 Å². The lowest BCUT2D eigenvalue weighted by molar-refractivity contribution is -0.135. The van der Waals surface area contributed by atoms with Gasteiger partial charge in [-0.1, -0.05) is 12.1 Å². The summed E-state index contributed by atoms with van der Waals surface area (Å²) in [5, 5.41) is 0. The second-order valence-corrected chi connectivity index (χ2v) is 9.04. The van der Waals surface area contributed by atoms with Crippen LogP contribution in [0.15, 0.2) is 24.3 Å². The third kappa shape index (κ3) is 2.51. The Kier molecular flexibility index (Phi) is 3.63. The van der Waals surface area contributed by atoms with Gasteiger partial charge in [0.2, 0.25) is 5.91 Å². The minimum Gasteiger partial charge on any atom is -0.332 e. The van der Waals surface area contributed by atoms with Crippen molar-refractivity contribution in [3.8, 4) is 0 Å². The molecule has 2 saturated heterocycles. The molecule has 2 fully saturated rings. The molecule has 0 radical (unpaired) electrons. The molecule has 3 heterocycles. The maximum Gasteiger partial charge on any atom is 0.227 e. The fraction of sp³-hybridized carbons (Fsp3) is 0.529. The van der Waals surface area contributed by atoms with Crippen LogP contribution in [0.1, 0.15) is 31.1 Å². The SMILES string of the molecule is Cn1c(C2CCCN2C(=O)C2CCS(=O)(=O)C2)nc2ccccc21. The number of likely N-dealkylation sites (tertiary alicyclic amines) is 1. The van der Waals surface area contributed by atoms with Gasteiger partial charge < -0.3 is 9.47 Å². The first-order valence-electron chi connectivity index (χ1n) is 8.38. The van der Waals surface area contributed by atoms with E-state index in [2.05, 4.69) is 4.57 Å². The Labute approximate surface area is 141 Å². The van der Waals surface area contributed by atoms with Gasteiger partial charge in [-0.2, -0.15) is 0 Å². The van der Waals surface area contributed by atoms with Crippen LogP contribution < -0.4 is 0 Å². The molecule has 1 aromatic carbocycles. The topological polar surface area (TPSA) is 72.3 Å². The van der Waals surface area contributed by atoms with Gasteiger partial charge in [0.25, 0.3) is 0 Å². The van der Waals surface area contributed by atoms with E-state index in [1.165, 1.54) is 0 Å². The summed E-state index contributed by atoms with van der Waals surface area (Å²) in [4.78, 5) is 19.5. The van der Waals surface area contributed by atoms with Crippen molar-refractivity contribution in [1.29, 1.82) is 0 Å². The van der Waals surface area contributed by atoms with E-state index in [0.29, 0.717) is 13.0 Å². The number of imidazole rings is 1. The van der Waals surface area contributed by atoms with Crippen LogP contribution in [0.5, 0.6) is 0 Å². The Hall–Kier alpha value is -1.89. The number of sulfone groups is 1. The van der Waals surface area contributed by atoms with Gasteiger partial charge in [0.05, 0.1) is 34.5 Å². The van der Waals surface area contributed by atoms with Gasteiger partial charge in [-0.25, -0.2) is 13.4 Å². The number of hydrogen-bond acceptors (Lipinski definition) is 4. The van der Waals surface area contributed by atoms with E-state index in [4.69, 9.17) is 4.98 Å². The van der Waals surface area contributed by atoms with Crippen LogP contribution in [0.4, 0.5) is 0 Å². The standard InChI is InChI=1S/C17H21N3O3S/c1-19-14-6-3-2-5-13(14)18-16(19)15-7-4-9-20(15)17(21)12-8-10-24(22,23)11-12/h2-3,5-6,12,15H,4,7-11H2,1H3. The third-order valence-corrected chi connectivity index (χ3v) is 7.01. The van der Waals surface area contributed by atoms with Crippen LogP contribution in [0, 0.1) is 5.92 Å². The summed E-state index contributed by atoms with van der Waals surface area (Å²) in [6.07, 6.45) is 2.26. The molecule has 128 valence electrons. The first-order valence-corrected chi connectivity index (χ1v) is 10.2. The molecular formula is C17H21N3O3S. The normalized spacial score (nSPS) is 26.3. The number of rotatable bonds is 2. The second-order valence-electron chi connectivity index (χ2n) is 6.81. The molecule has 24 heavy (non-hydrogen) atoms. The molecule has 4 rings (SSSR count). The highest BCUT2D eigenvalue weighted by Crippen LogP contribution is 2.35. The van der Waals surface area contributed by atoms with E-state index in [0.717, 1.165) is 29.7 Å². The number of para-hydroxylation sites is 2. The average molecular weight is 347 g/mol. The predicted octanol–water partition coefficient (Wildman–Crippen LogP) is 1.67. The Morgan fingerprint density at radius 1 is 1.25 bits per heavy atom. The van der Waals surface area contributed by atoms with Gasteiger partial charge in [0, 0.05) is 13.6 Å². The smallest absolute Gasteiger partial charge is 0.227 e. The molecule has 0 N–H and O–H groups in total. The lowest BCUT2D eigenvalue weighted by atomic mass is 10.1. The van der Waals surface area contributed by atoms with Crippen LogP contribution in [0.25, 0.3) is 11.0 Å². The fourth-order valence-electron chi connectivity index (χ4n) is 3.99. The first-order chi connectivity index (χ1) is 11.5. The quantitative estimate of drug-likeness (QED) is 0.828. The van der Waals surface area contributed by atoms with Crippen molar-refractivity contribution in [3.05, 3.63) is 30.1 Å². The lowest BCUT2D eigenvalue weighted by Crippen LogP contribution is -2.37. The summed E-state index contributed by atoms with van der Waals surface area (Å²) in [6.45, 7) is 0.684. The molecule has 2 unspecified atom stereocenters. The summed E-state index contributed by atoms with van der Waals surface area (Å²) in [7, 11) is -1.07. The Bertz CT molecular complexity index is 903. The van der Waals surface area contributed by atoms with Crippen LogP contribution >= 0.6 is 0 Å². The summed E-state index contributed by atoms with van der Waals surface area (Å²) in [6, 6.07) is 7.88. The number of carbonyl (C=O) groups excluding carboxylic acids is 1. The Morgan fingerprint density at radius 2 is 2.04 bits per heavy atom. The molecule has 0 aliphatic carbocycles. The monoisotopic (exact) mass is 347 g/mol. The van der Waals surface area contributed by atoms with Gasteiger partial charge in [0.1, 0.15) is 5.82 Å². The number of nitrogens with zero attached hydrogens (tertiary/aromatic N) is 3. The molecule has 0 bridgehead atoms. The Morgan fingerprint density at radius 3 is 2.75 bits per heavy atom.